The number of hydrogen-bond acceptors (Lipinski definition) is 7. The molecule has 6 aromatic rings. The van der Waals surface area contributed by atoms with Crippen LogP contribution in [0.3, 0.4) is 0 Å². The van der Waals surface area contributed by atoms with Crippen molar-refractivity contribution in [1.29, 1.82) is 0 Å². The standard InChI is InChI=1S/C47H39NO8/c1-53-32-24-23-31(44(26-32)56-47(52)55-29-42-39-21-11-7-17-35(39)36-18-8-12-22-40(36)42)27-48(43(45(49)50)25-30-13-3-2-4-14-30)46(51)54-28-41-37-19-9-5-15-33(37)34-16-6-10-20-38(34)41/h2-24,26,41-43H,25,27-29H2,1H3,(H,49,50)/t43-/m0/s1. The van der Waals surface area contributed by atoms with Gasteiger partial charge in [0.2, 0.25) is 0 Å². The Morgan fingerprint density at radius 1 is 0.625 bits per heavy atom. The SMILES string of the molecule is COc1ccc(CN(C(=O)OCC2c3ccccc3-c3ccccc32)[C@@H](Cc2ccccc2)C(=O)O)c(OC(=O)OCC2c3ccccc3-c3ccccc32)c1. The number of rotatable bonds is 12. The van der Waals surface area contributed by atoms with Crippen LogP contribution in [0.2, 0.25) is 0 Å². The molecule has 0 saturated heterocycles. The Kier molecular flexibility index (Phi) is 10.2. The molecule has 9 heteroatoms. The van der Waals surface area contributed by atoms with Crippen molar-refractivity contribution in [3.05, 3.63) is 179 Å². The summed E-state index contributed by atoms with van der Waals surface area (Å²) in [6.45, 7) is -0.223. The molecule has 6 aromatic carbocycles. The van der Waals surface area contributed by atoms with E-state index in [2.05, 4.69) is 12.1 Å². The molecule has 1 atom stereocenters. The van der Waals surface area contributed by atoms with Gasteiger partial charge in [-0.3, -0.25) is 4.90 Å². The van der Waals surface area contributed by atoms with Crippen molar-refractivity contribution in [3.8, 4) is 33.8 Å². The molecule has 0 radical (unpaired) electrons. The topological polar surface area (TPSA) is 112 Å². The molecule has 8 rings (SSSR count). The molecule has 0 heterocycles. The van der Waals surface area contributed by atoms with Gasteiger partial charge in [-0.25, -0.2) is 14.4 Å². The van der Waals surface area contributed by atoms with Gasteiger partial charge in [-0.1, -0.05) is 127 Å². The largest absolute Gasteiger partial charge is 0.513 e. The molecule has 56 heavy (non-hydrogen) atoms. The first-order chi connectivity index (χ1) is 27.4. The normalized spacial score (nSPS) is 13.1. The smallest absolute Gasteiger partial charge is 0.497 e. The average Bonchev–Trinajstić information content (AvgIpc) is 3.73. The van der Waals surface area contributed by atoms with Crippen LogP contribution in [-0.4, -0.2) is 54.6 Å². The lowest BCUT2D eigenvalue weighted by Crippen LogP contribution is -2.46. The zero-order chi connectivity index (χ0) is 38.6. The molecule has 0 unspecified atom stereocenters. The Morgan fingerprint density at radius 3 is 1.61 bits per heavy atom. The Bertz CT molecular complexity index is 2320. The van der Waals surface area contributed by atoms with Crippen LogP contribution in [0, 0.1) is 0 Å². The van der Waals surface area contributed by atoms with E-state index in [1.54, 1.807) is 12.1 Å². The number of amides is 1. The van der Waals surface area contributed by atoms with Crippen LogP contribution < -0.4 is 9.47 Å². The number of nitrogens with zero attached hydrogens (tertiary/aromatic N) is 1. The summed E-state index contributed by atoms with van der Waals surface area (Å²) in [5.41, 5.74) is 9.58. The maximum Gasteiger partial charge on any atom is 0.513 e. The summed E-state index contributed by atoms with van der Waals surface area (Å²) in [4.78, 5) is 41.8. The highest BCUT2D eigenvalue weighted by Gasteiger charge is 2.35. The van der Waals surface area contributed by atoms with Crippen molar-refractivity contribution in [2.75, 3.05) is 20.3 Å². The summed E-state index contributed by atoms with van der Waals surface area (Å²) in [5, 5.41) is 10.6. The molecular weight excluding hydrogens is 707 g/mol. The number of aliphatic carboxylic acids is 1. The van der Waals surface area contributed by atoms with Gasteiger partial charge >= 0.3 is 18.2 Å². The van der Waals surface area contributed by atoms with E-state index in [0.717, 1.165) is 50.1 Å². The van der Waals surface area contributed by atoms with Crippen molar-refractivity contribution in [2.45, 2.75) is 30.8 Å². The van der Waals surface area contributed by atoms with E-state index in [0.29, 0.717) is 11.3 Å². The number of benzene rings is 6. The number of carboxylic acid groups (broad SMARTS) is 1. The molecule has 2 aliphatic carbocycles. The molecule has 2 aliphatic rings. The van der Waals surface area contributed by atoms with E-state index >= 15 is 0 Å². The second-order valence-electron chi connectivity index (χ2n) is 13.8. The summed E-state index contributed by atoms with van der Waals surface area (Å²) in [6, 6.07) is 44.6. The number of hydrogen-bond donors (Lipinski definition) is 1. The summed E-state index contributed by atoms with van der Waals surface area (Å²) < 4.78 is 23.0. The van der Waals surface area contributed by atoms with Crippen molar-refractivity contribution < 1.29 is 38.4 Å². The van der Waals surface area contributed by atoms with Crippen molar-refractivity contribution in [2.24, 2.45) is 0 Å². The molecule has 0 fully saturated rings. The van der Waals surface area contributed by atoms with Gasteiger partial charge in [-0.2, -0.15) is 0 Å². The van der Waals surface area contributed by atoms with Crippen molar-refractivity contribution in [3.63, 3.8) is 0 Å². The first-order valence-corrected chi connectivity index (χ1v) is 18.5. The van der Waals surface area contributed by atoms with Gasteiger partial charge < -0.3 is 24.1 Å². The molecule has 0 bridgehead atoms. The van der Waals surface area contributed by atoms with Crippen LogP contribution in [0.5, 0.6) is 11.5 Å². The Morgan fingerprint density at radius 2 is 1.11 bits per heavy atom. The first kappa shape index (κ1) is 36.1. The third kappa shape index (κ3) is 7.19. The predicted octanol–water partition coefficient (Wildman–Crippen LogP) is 9.47. The number of fused-ring (bicyclic) bond motifs is 6. The summed E-state index contributed by atoms with van der Waals surface area (Å²) >= 11 is 0. The second-order valence-corrected chi connectivity index (χ2v) is 13.8. The van der Waals surface area contributed by atoms with Crippen LogP contribution in [0.4, 0.5) is 9.59 Å². The van der Waals surface area contributed by atoms with E-state index in [-0.39, 0.29) is 43.8 Å². The zero-order valence-electron chi connectivity index (χ0n) is 30.7. The summed E-state index contributed by atoms with van der Waals surface area (Å²) in [5.74, 6) is -1.18. The monoisotopic (exact) mass is 745 g/mol. The van der Waals surface area contributed by atoms with Crippen LogP contribution in [0.1, 0.15) is 45.2 Å². The number of carbonyl (C=O) groups is 3. The van der Waals surface area contributed by atoms with Gasteiger partial charge in [0.15, 0.2) is 0 Å². The molecule has 280 valence electrons. The fourth-order valence-corrected chi connectivity index (χ4v) is 7.93. The summed E-state index contributed by atoms with van der Waals surface area (Å²) in [6.07, 6.45) is -1.76. The maximum absolute atomic E-state index is 14.3. The van der Waals surface area contributed by atoms with E-state index in [9.17, 15) is 19.5 Å². The minimum atomic E-state index is -1.32. The van der Waals surface area contributed by atoms with Gasteiger partial charge in [0.05, 0.1) is 13.7 Å². The predicted molar refractivity (Wildman–Crippen MR) is 211 cm³/mol. The maximum atomic E-state index is 14.3. The summed E-state index contributed by atoms with van der Waals surface area (Å²) in [7, 11) is 1.48. The van der Waals surface area contributed by atoms with E-state index in [1.165, 1.54) is 18.1 Å². The number of carboxylic acids is 1. The number of ether oxygens (including phenoxy) is 4. The number of methoxy groups -OCH3 is 1. The Hall–Kier alpha value is -6.87. The van der Waals surface area contributed by atoms with Crippen LogP contribution in [-0.2, 0) is 27.2 Å². The van der Waals surface area contributed by atoms with Gasteiger partial charge in [0.1, 0.15) is 30.8 Å². The van der Waals surface area contributed by atoms with E-state index in [4.69, 9.17) is 18.9 Å². The highest BCUT2D eigenvalue weighted by Crippen LogP contribution is 2.46. The fourth-order valence-electron chi connectivity index (χ4n) is 7.93. The molecule has 9 nitrogen and oxygen atoms in total. The van der Waals surface area contributed by atoms with Crippen molar-refractivity contribution in [1.82, 2.24) is 4.90 Å². The van der Waals surface area contributed by atoms with Gasteiger partial charge in [-0.15, -0.1) is 0 Å². The van der Waals surface area contributed by atoms with E-state index < -0.39 is 24.3 Å². The van der Waals surface area contributed by atoms with Gasteiger partial charge in [0.25, 0.3) is 0 Å². The molecule has 0 aromatic heterocycles. The van der Waals surface area contributed by atoms with Crippen LogP contribution >= 0.6 is 0 Å². The average molecular weight is 746 g/mol. The zero-order valence-corrected chi connectivity index (χ0v) is 30.7. The number of carbonyl (C=O) groups excluding carboxylic acids is 2. The quantitative estimate of drug-likeness (QED) is 0.0975. The van der Waals surface area contributed by atoms with Gasteiger partial charge in [-0.05, 0) is 62.2 Å². The van der Waals surface area contributed by atoms with Crippen molar-refractivity contribution >= 4 is 18.2 Å². The highest BCUT2D eigenvalue weighted by atomic mass is 16.7. The molecular formula is C47H39NO8. The first-order valence-electron chi connectivity index (χ1n) is 18.5. The molecule has 1 N–H and O–H groups in total. The fraction of sp³-hybridized carbons (Fsp3) is 0.170. The third-order valence-corrected chi connectivity index (χ3v) is 10.6. The molecule has 0 saturated carbocycles. The Labute approximate surface area is 324 Å². The lowest BCUT2D eigenvalue weighted by Gasteiger charge is -2.29. The highest BCUT2D eigenvalue weighted by molar-refractivity contribution is 5.82. The van der Waals surface area contributed by atoms with E-state index in [1.807, 2.05) is 115 Å². The van der Waals surface area contributed by atoms with Gasteiger partial charge in [0, 0.05) is 29.9 Å². The molecule has 0 aliphatic heterocycles. The van der Waals surface area contributed by atoms with Crippen LogP contribution in [0.15, 0.2) is 146 Å². The van der Waals surface area contributed by atoms with Crippen LogP contribution in [0.25, 0.3) is 22.3 Å². The second kappa shape index (κ2) is 15.8. The minimum absolute atomic E-state index is 0.00719. The lowest BCUT2D eigenvalue weighted by atomic mass is 9.98. The Balaban J connectivity index is 1.05. The molecule has 1 amide bonds. The minimum Gasteiger partial charge on any atom is -0.497 e. The lowest BCUT2D eigenvalue weighted by molar-refractivity contribution is -0.143. The third-order valence-electron chi connectivity index (χ3n) is 10.6. The molecule has 0 spiro atoms.